The summed E-state index contributed by atoms with van der Waals surface area (Å²) >= 11 is 0. The minimum Gasteiger partial charge on any atom is -0.292 e. The van der Waals surface area contributed by atoms with Gasteiger partial charge >= 0.3 is 0 Å². The number of hydrogen-bond acceptors (Lipinski definition) is 1. The Kier molecular flexibility index (Phi) is 7.35. The predicted molar refractivity (Wildman–Crippen MR) is 101 cm³/mol. The van der Waals surface area contributed by atoms with E-state index in [4.69, 9.17) is 0 Å². The molecule has 0 saturated heterocycles. The van der Waals surface area contributed by atoms with Gasteiger partial charge in [0.1, 0.15) is 0 Å². The van der Waals surface area contributed by atoms with E-state index in [1.165, 1.54) is 30.4 Å². The fraction of sp³-hybridized carbons (Fsp3) is 0.455. The molecule has 0 amide bonds. The van der Waals surface area contributed by atoms with Crippen LogP contribution in [0.5, 0.6) is 0 Å². The Morgan fingerprint density at radius 3 is 1.74 bits per heavy atom. The fourth-order valence-electron chi connectivity index (χ4n) is 3.13. The van der Waals surface area contributed by atoms with Gasteiger partial charge in [-0.05, 0) is 43.0 Å². The van der Waals surface area contributed by atoms with Gasteiger partial charge in [-0.1, -0.05) is 87.9 Å². The SMILES string of the molecule is CCCN(CCC(C)CC)C(c1ccccc1)c1ccccc1. The highest BCUT2D eigenvalue weighted by molar-refractivity contribution is 5.31. The Bertz CT molecular complexity index is 495. The normalized spacial score (nSPS) is 12.7. The first-order chi connectivity index (χ1) is 11.3. The van der Waals surface area contributed by atoms with E-state index in [1.54, 1.807) is 0 Å². The highest BCUT2D eigenvalue weighted by Gasteiger charge is 2.21. The third-order valence-corrected chi connectivity index (χ3v) is 4.71. The fourth-order valence-corrected chi connectivity index (χ4v) is 3.13. The molecule has 0 spiro atoms. The van der Waals surface area contributed by atoms with Gasteiger partial charge in [0.2, 0.25) is 0 Å². The monoisotopic (exact) mass is 309 g/mol. The van der Waals surface area contributed by atoms with Crippen LogP contribution in [0.3, 0.4) is 0 Å². The van der Waals surface area contributed by atoms with Crippen molar-refractivity contribution in [2.45, 2.75) is 46.1 Å². The molecule has 2 aromatic carbocycles. The first-order valence-electron chi connectivity index (χ1n) is 9.10. The average molecular weight is 309 g/mol. The van der Waals surface area contributed by atoms with E-state index in [9.17, 15) is 0 Å². The third-order valence-electron chi connectivity index (χ3n) is 4.71. The molecule has 0 fully saturated rings. The quantitative estimate of drug-likeness (QED) is 0.555. The molecule has 0 aromatic heterocycles. The van der Waals surface area contributed by atoms with Crippen LogP contribution < -0.4 is 0 Å². The highest BCUT2D eigenvalue weighted by atomic mass is 15.2. The minimum absolute atomic E-state index is 0.362. The summed E-state index contributed by atoms with van der Waals surface area (Å²) in [7, 11) is 0. The van der Waals surface area contributed by atoms with Gasteiger partial charge in [0.15, 0.2) is 0 Å². The standard InChI is InChI=1S/C22H31N/c1-4-17-23(18-16-19(3)5-2)22(20-12-8-6-9-13-20)21-14-10-7-11-15-21/h6-15,19,22H,4-5,16-18H2,1-3H3. The maximum absolute atomic E-state index is 2.66. The van der Waals surface area contributed by atoms with E-state index in [-0.39, 0.29) is 0 Å². The second kappa shape index (κ2) is 9.52. The summed E-state index contributed by atoms with van der Waals surface area (Å²) in [5.41, 5.74) is 2.80. The number of benzene rings is 2. The van der Waals surface area contributed by atoms with Gasteiger partial charge in [-0.15, -0.1) is 0 Å². The van der Waals surface area contributed by atoms with Crippen LogP contribution in [0.4, 0.5) is 0 Å². The van der Waals surface area contributed by atoms with Crippen LogP contribution in [-0.4, -0.2) is 18.0 Å². The van der Waals surface area contributed by atoms with E-state index < -0.39 is 0 Å². The van der Waals surface area contributed by atoms with Crippen LogP contribution in [-0.2, 0) is 0 Å². The Hall–Kier alpha value is -1.60. The molecule has 0 aliphatic carbocycles. The molecular weight excluding hydrogens is 278 g/mol. The lowest BCUT2D eigenvalue weighted by Crippen LogP contribution is -2.32. The zero-order valence-corrected chi connectivity index (χ0v) is 14.9. The summed E-state index contributed by atoms with van der Waals surface area (Å²) in [5.74, 6) is 0.793. The maximum atomic E-state index is 2.66. The molecule has 2 rings (SSSR count). The van der Waals surface area contributed by atoms with Crippen LogP contribution in [0.1, 0.15) is 57.2 Å². The lowest BCUT2D eigenvalue weighted by molar-refractivity contribution is 0.210. The highest BCUT2D eigenvalue weighted by Crippen LogP contribution is 2.29. The maximum Gasteiger partial charge on any atom is 0.0601 e. The summed E-state index contributed by atoms with van der Waals surface area (Å²) in [6, 6.07) is 22.3. The molecule has 2 aromatic rings. The molecule has 0 N–H and O–H groups in total. The number of nitrogens with zero attached hydrogens (tertiary/aromatic N) is 1. The number of hydrogen-bond donors (Lipinski definition) is 0. The number of rotatable bonds is 9. The van der Waals surface area contributed by atoms with Crippen molar-refractivity contribution in [3.05, 3.63) is 71.8 Å². The first kappa shape index (κ1) is 17.7. The molecular formula is C22H31N. The van der Waals surface area contributed by atoms with E-state index in [0.717, 1.165) is 19.0 Å². The minimum atomic E-state index is 0.362. The summed E-state index contributed by atoms with van der Waals surface area (Å²) in [4.78, 5) is 2.66. The van der Waals surface area contributed by atoms with Crippen molar-refractivity contribution in [3.63, 3.8) is 0 Å². The van der Waals surface area contributed by atoms with Crippen molar-refractivity contribution in [1.29, 1.82) is 0 Å². The second-order valence-corrected chi connectivity index (χ2v) is 6.56. The Morgan fingerprint density at radius 1 is 0.783 bits per heavy atom. The van der Waals surface area contributed by atoms with Gasteiger partial charge in [-0.2, -0.15) is 0 Å². The third kappa shape index (κ3) is 5.21. The molecule has 0 aliphatic rings. The van der Waals surface area contributed by atoms with E-state index in [1.807, 2.05) is 0 Å². The molecule has 1 unspecified atom stereocenters. The van der Waals surface area contributed by atoms with Crippen molar-refractivity contribution < 1.29 is 0 Å². The van der Waals surface area contributed by atoms with Gasteiger partial charge in [-0.3, -0.25) is 4.90 Å². The van der Waals surface area contributed by atoms with Crippen LogP contribution >= 0.6 is 0 Å². The van der Waals surface area contributed by atoms with E-state index in [2.05, 4.69) is 86.3 Å². The lowest BCUT2D eigenvalue weighted by Gasteiger charge is -2.33. The summed E-state index contributed by atoms with van der Waals surface area (Å²) in [5, 5.41) is 0. The topological polar surface area (TPSA) is 3.24 Å². The average Bonchev–Trinajstić information content (AvgIpc) is 2.61. The molecule has 0 heterocycles. The van der Waals surface area contributed by atoms with Gasteiger partial charge in [-0.25, -0.2) is 0 Å². The summed E-state index contributed by atoms with van der Waals surface area (Å²) < 4.78 is 0. The van der Waals surface area contributed by atoms with Gasteiger partial charge < -0.3 is 0 Å². The van der Waals surface area contributed by atoms with Gasteiger partial charge in [0.05, 0.1) is 6.04 Å². The Balaban J connectivity index is 2.29. The van der Waals surface area contributed by atoms with Crippen LogP contribution in [0.15, 0.2) is 60.7 Å². The van der Waals surface area contributed by atoms with Crippen molar-refractivity contribution in [2.24, 2.45) is 5.92 Å². The molecule has 0 radical (unpaired) electrons. The smallest absolute Gasteiger partial charge is 0.0601 e. The molecule has 0 aliphatic heterocycles. The molecule has 1 atom stereocenters. The molecule has 1 heteroatoms. The zero-order chi connectivity index (χ0) is 16.5. The lowest BCUT2D eigenvalue weighted by atomic mass is 9.95. The largest absolute Gasteiger partial charge is 0.292 e. The van der Waals surface area contributed by atoms with Crippen LogP contribution in [0, 0.1) is 5.92 Å². The Morgan fingerprint density at radius 2 is 1.30 bits per heavy atom. The summed E-state index contributed by atoms with van der Waals surface area (Å²) in [6.07, 6.45) is 3.73. The first-order valence-corrected chi connectivity index (χ1v) is 9.10. The predicted octanol–water partition coefficient (Wildman–Crippen LogP) is 5.92. The molecule has 23 heavy (non-hydrogen) atoms. The van der Waals surface area contributed by atoms with Crippen molar-refractivity contribution >= 4 is 0 Å². The zero-order valence-electron chi connectivity index (χ0n) is 14.9. The van der Waals surface area contributed by atoms with Crippen LogP contribution in [0.2, 0.25) is 0 Å². The molecule has 124 valence electrons. The van der Waals surface area contributed by atoms with Crippen molar-refractivity contribution in [3.8, 4) is 0 Å². The van der Waals surface area contributed by atoms with Gasteiger partial charge in [0, 0.05) is 0 Å². The van der Waals surface area contributed by atoms with Gasteiger partial charge in [0.25, 0.3) is 0 Å². The Labute approximate surface area is 142 Å². The second-order valence-electron chi connectivity index (χ2n) is 6.56. The van der Waals surface area contributed by atoms with Crippen LogP contribution in [0.25, 0.3) is 0 Å². The molecule has 0 bridgehead atoms. The molecule has 1 nitrogen and oxygen atoms in total. The van der Waals surface area contributed by atoms with E-state index in [0.29, 0.717) is 6.04 Å². The van der Waals surface area contributed by atoms with Crippen molar-refractivity contribution in [1.82, 2.24) is 4.90 Å². The molecule has 0 saturated carbocycles. The van der Waals surface area contributed by atoms with E-state index >= 15 is 0 Å². The summed E-state index contributed by atoms with van der Waals surface area (Å²) in [6.45, 7) is 9.25. The van der Waals surface area contributed by atoms with Crippen molar-refractivity contribution in [2.75, 3.05) is 13.1 Å².